The Morgan fingerprint density at radius 2 is 2.11 bits per heavy atom. The lowest BCUT2D eigenvalue weighted by atomic mass is 10.4. The van der Waals surface area contributed by atoms with E-state index in [4.69, 9.17) is 4.74 Å². The van der Waals surface area contributed by atoms with E-state index in [0.29, 0.717) is 18.2 Å². The summed E-state index contributed by atoms with van der Waals surface area (Å²) in [5.41, 5.74) is 0. The highest BCUT2D eigenvalue weighted by Crippen LogP contribution is 2.08. The minimum Gasteiger partial charge on any atom is -0.375 e. The molecule has 6 nitrogen and oxygen atoms in total. The van der Waals surface area contributed by atoms with Crippen LogP contribution in [0.3, 0.4) is 0 Å². The molecule has 2 N–H and O–H groups in total. The predicted molar refractivity (Wildman–Crippen MR) is 62.0 cm³/mol. The molecule has 102 valence electrons. The van der Waals surface area contributed by atoms with Gasteiger partial charge in [0.15, 0.2) is 0 Å². The molecule has 1 fully saturated rings. The number of nitrogens with one attached hydrogen (secondary N) is 2. The molecule has 2 heterocycles. The van der Waals surface area contributed by atoms with E-state index in [0.717, 1.165) is 26.2 Å². The zero-order valence-corrected chi connectivity index (χ0v) is 10.0. The van der Waals surface area contributed by atoms with Gasteiger partial charge in [0.2, 0.25) is 5.95 Å². The number of rotatable bonds is 6. The SMILES string of the molecule is FC(F)COCCc1nc(N2CCNCC2)n[nH]1. The number of nitrogens with zero attached hydrogens (tertiary/aromatic N) is 3. The molecule has 0 atom stereocenters. The van der Waals surface area contributed by atoms with Crippen LogP contribution < -0.4 is 10.2 Å². The summed E-state index contributed by atoms with van der Waals surface area (Å²) in [6.07, 6.45) is -1.96. The van der Waals surface area contributed by atoms with Crippen LogP contribution in [-0.4, -0.2) is 61.0 Å². The van der Waals surface area contributed by atoms with Crippen molar-refractivity contribution in [2.45, 2.75) is 12.8 Å². The standard InChI is InChI=1S/C10H17F2N5O/c11-8(12)7-18-6-1-9-14-10(16-15-9)17-4-2-13-3-5-17/h8,13H,1-7H2,(H,14,15,16). The fraction of sp³-hybridized carbons (Fsp3) is 0.800. The van der Waals surface area contributed by atoms with E-state index in [1.54, 1.807) is 0 Å². The third-order valence-corrected chi connectivity index (χ3v) is 2.65. The van der Waals surface area contributed by atoms with Crippen molar-refractivity contribution >= 4 is 5.95 Å². The molecule has 1 saturated heterocycles. The fourth-order valence-corrected chi connectivity index (χ4v) is 1.74. The van der Waals surface area contributed by atoms with Gasteiger partial charge in [-0.3, -0.25) is 5.10 Å². The molecule has 1 aliphatic rings. The summed E-state index contributed by atoms with van der Waals surface area (Å²) >= 11 is 0. The zero-order valence-electron chi connectivity index (χ0n) is 10.0. The Labute approximate surface area is 104 Å². The molecular formula is C10H17F2N5O. The Morgan fingerprint density at radius 3 is 2.83 bits per heavy atom. The lowest BCUT2D eigenvalue weighted by molar-refractivity contribution is 0.0183. The molecule has 1 aliphatic heterocycles. The first kappa shape index (κ1) is 13.2. The highest BCUT2D eigenvalue weighted by Gasteiger charge is 2.14. The number of H-pyrrole nitrogens is 1. The minimum absolute atomic E-state index is 0.223. The molecular weight excluding hydrogens is 244 g/mol. The van der Waals surface area contributed by atoms with Crippen LogP contribution in [0.2, 0.25) is 0 Å². The molecule has 0 spiro atoms. The fourth-order valence-electron chi connectivity index (χ4n) is 1.74. The molecule has 18 heavy (non-hydrogen) atoms. The van der Waals surface area contributed by atoms with Gasteiger partial charge in [-0.05, 0) is 0 Å². The summed E-state index contributed by atoms with van der Waals surface area (Å²) in [6.45, 7) is 3.28. The monoisotopic (exact) mass is 261 g/mol. The van der Waals surface area contributed by atoms with Gasteiger partial charge in [0, 0.05) is 32.6 Å². The summed E-state index contributed by atoms with van der Waals surface area (Å²) in [5, 5.41) is 10.2. The highest BCUT2D eigenvalue weighted by atomic mass is 19.3. The second-order valence-electron chi connectivity index (χ2n) is 4.04. The second kappa shape index (κ2) is 6.60. The molecule has 0 radical (unpaired) electrons. The van der Waals surface area contributed by atoms with E-state index >= 15 is 0 Å². The number of hydrogen-bond donors (Lipinski definition) is 2. The molecule has 0 unspecified atom stereocenters. The Kier molecular flexibility index (Phi) is 4.82. The van der Waals surface area contributed by atoms with Gasteiger partial charge in [-0.15, -0.1) is 5.10 Å². The van der Waals surface area contributed by atoms with Crippen LogP contribution >= 0.6 is 0 Å². The van der Waals surface area contributed by atoms with E-state index in [1.807, 2.05) is 0 Å². The zero-order chi connectivity index (χ0) is 12.8. The van der Waals surface area contributed by atoms with Gasteiger partial charge >= 0.3 is 0 Å². The average Bonchev–Trinajstić information content (AvgIpc) is 2.84. The third-order valence-electron chi connectivity index (χ3n) is 2.65. The Balaban J connectivity index is 1.75. The minimum atomic E-state index is -2.42. The van der Waals surface area contributed by atoms with Crippen LogP contribution in [-0.2, 0) is 11.2 Å². The topological polar surface area (TPSA) is 66.1 Å². The van der Waals surface area contributed by atoms with Gasteiger partial charge in [0.05, 0.1) is 6.61 Å². The summed E-state index contributed by atoms with van der Waals surface area (Å²) in [5.74, 6) is 1.33. The number of anilines is 1. The van der Waals surface area contributed by atoms with Crippen LogP contribution in [0, 0.1) is 0 Å². The molecule has 8 heteroatoms. The predicted octanol–water partition coefficient (Wildman–Crippen LogP) is 0.0385. The second-order valence-corrected chi connectivity index (χ2v) is 4.04. The number of hydrogen-bond acceptors (Lipinski definition) is 5. The quantitative estimate of drug-likeness (QED) is 0.708. The first-order valence-electron chi connectivity index (χ1n) is 5.98. The van der Waals surface area contributed by atoms with Crippen molar-refractivity contribution in [3.05, 3.63) is 5.82 Å². The van der Waals surface area contributed by atoms with Crippen molar-refractivity contribution in [1.29, 1.82) is 0 Å². The normalized spacial score (nSPS) is 16.5. The van der Waals surface area contributed by atoms with Crippen molar-refractivity contribution in [3.8, 4) is 0 Å². The van der Waals surface area contributed by atoms with Crippen LogP contribution in [0.4, 0.5) is 14.7 Å². The molecule has 0 aliphatic carbocycles. The van der Waals surface area contributed by atoms with Gasteiger partial charge in [-0.2, -0.15) is 4.98 Å². The van der Waals surface area contributed by atoms with Crippen LogP contribution in [0.1, 0.15) is 5.82 Å². The molecule has 0 aromatic carbocycles. The number of alkyl halides is 2. The average molecular weight is 261 g/mol. The number of aromatic amines is 1. The van der Waals surface area contributed by atoms with Gasteiger partial charge in [0.25, 0.3) is 6.43 Å². The van der Waals surface area contributed by atoms with Gasteiger partial charge in [0.1, 0.15) is 12.4 Å². The molecule has 1 aromatic rings. The van der Waals surface area contributed by atoms with Crippen molar-refractivity contribution in [3.63, 3.8) is 0 Å². The number of aromatic nitrogens is 3. The molecule has 1 aromatic heterocycles. The van der Waals surface area contributed by atoms with Crippen LogP contribution in [0.25, 0.3) is 0 Å². The Morgan fingerprint density at radius 1 is 1.33 bits per heavy atom. The van der Waals surface area contributed by atoms with E-state index in [2.05, 4.69) is 25.4 Å². The van der Waals surface area contributed by atoms with Gasteiger partial charge in [-0.1, -0.05) is 0 Å². The van der Waals surface area contributed by atoms with Gasteiger partial charge in [-0.25, -0.2) is 8.78 Å². The smallest absolute Gasteiger partial charge is 0.261 e. The lowest BCUT2D eigenvalue weighted by Gasteiger charge is -2.25. The first-order valence-corrected chi connectivity index (χ1v) is 5.98. The molecule has 0 bridgehead atoms. The maximum atomic E-state index is 11.8. The van der Waals surface area contributed by atoms with Crippen molar-refractivity contribution in [2.24, 2.45) is 0 Å². The third kappa shape index (κ3) is 3.88. The van der Waals surface area contributed by atoms with Crippen molar-refractivity contribution < 1.29 is 13.5 Å². The van der Waals surface area contributed by atoms with Crippen molar-refractivity contribution in [1.82, 2.24) is 20.5 Å². The molecule has 0 saturated carbocycles. The van der Waals surface area contributed by atoms with E-state index < -0.39 is 13.0 Å². The Bertz CT molecular complexity index is 354. The summed E-state index contributed by atoms with van der Waals surface area (Å²) in [7, 11) is 0. The largest absolute Gasteiger partial charge is 0.375 e. The maximum absolute atomic E-state index is 11.8. The van der Waals surface area contributed by atoms with E-state index in [9.17, 15) is 8.78 Å². The van der Waals surface area contributed by atoms with Crippen molar-refractivity contribution in [2.75, 3.05) is 44.3 Å². The number of piperazine rings is 1. The van der Waals surface area contributed by atoms with E-state index in [1.165, 1.54) is 0 Å². The first-order chi connectivity index (χ1) is 8.75. The van der Waals surface area contributed by atoms with Crippen LogP contribution in [0.15, 0.2) is 0 Å². The summed E-state index contributed by atoms with van der Waals surface area (Å²) in [4.78, 5) is 6.39. The number of halogens is 2. The van der Waals surface area contributed by atoms with Gasteiger partial charge < -0.3 is 15.0 Å². The lowest BCUT2D eigenvalue weighted by Crippen LogP contribution is -2.44. The maximum Gasteiger partial charge on any atom is 0.261 e. The summed E-state index contributed by atoms with van der Waals surface area (Å²) < 4.78 is 28.5. The Hall–Kier alpha value is -1.28. The molecule has 0 amide bonds. The number of ether oxygens (including phenoxy) is 1. The van der Waals surface area contributed by atoms with E-state index in [-0.39, 0.29) is 6.61 Å². The molecule has 2 rings (SSSR count). The van der Waals surface area contributed by atoms with Crippen LogP contribution in [0.5, 0.6) is 0 Å². The summed E-state index contributed by atoms with van der Waals surface area (Å²) in [6, 6.07) is 0. The highest BCUT2D eigenvalue weighted by molar-refractivity contribution is 5.29.